The van der Waals surface area contributed by atoms with Gasteiger partial charge in [0.15, 0.2) is 0 Å². The zero-order valence-corrected chi connectivity index (χ0v) is 13.8. The smallest absolute Gasteiger partial charge is 0.347 e. The van der Waals surface area contributed by atoms with Gasteiger partial charge in [-0.05, 0) is 32.0 Å². The number of rotatable bonds is 6. The Balaban J connectivity index is 2.30. The third-order valence-electron chi connectivity index (χ3n) is 3.21. The molecule has 6 nitrogen and oxygen atoms in total. The van der Waals surface area contributed by atoms with Crippen molar-refractivity contribution in [2.24, 2.45) is 0 Å². The minimum Gasteiger partial charge on any atom is -0.490 e. The van der Waals surface area contributed by atoms with Gasteiger partial charge in [0, 0.05) is 12.7 Å². The molecular formula is C16H16N2O4S. The molecule has 0 amide bonds. The monoisotopic (exact) mass is 332 g/mol. The highest BCUT2D eigenvalue weighted by molar-refractivity contribution is 7.17. The van der Waals surface area contributed by atoms with Crippen LogP contribution >= 0.6 is 11.3 Å². The molecule has 0 saturated heterocycles. The van der Waals surface area contributed by atoms with Gasteiger partial charge in [0.2, 0.25) is 0 Å². The van der Waals surface area contributed by atoms with Crippen molar-refractivity contribution in [3.05, 3.63) is 34.3 Å². The molecule has 23 heavy (non-hydrogen) atoms. The normalized spacial score (nSPS) is 11.7. The van der Waals surface area contributed by atoms with Crippen molar-refractivity contribution in [1.29, 1.82) is 5.26 Å². The minimum absolute atomic E-state index is 0.0824. The number of carboxylic acids is 1. The molecule has 0 radical (unpaired) electrons. The highest BCUT2D eigenvalue weighted by Gasteiger charge is 2.16. The van der Waals surface area contributed by atoms with E-state index in [1.54, 1.807) is 32.2 Å². The number of aromatic carboxylic acids is 1. The van der Waals surface area contributed by atoms with Gasteiger partial charge in [0.1, 0.15) is 28.3 Å². The largest absolute Gasteiger partial charge is 0.490 e. The number of nitriles is 1. The summed E-state index contributed by atoms with van der Waals surface area (Å²) in [7, 11) is 1.59. The van der Waals surface area contributed by atoms with Gasteiger partial charge in [0.25, 0.3) is 0 Å². The molecule has 1 N–H and O–H groups in total. The fourth-order valence-corrected chi connectivity index (χ4v) is 2.77. The van der Waals surface area contributed by atoms with Crippen LogP contribution in [0.15, 0.2) is 18.2 Å². The number of ether oxygens (including phenoxy) is 2. The summed E-state index contributed by atoms with van der Waals surface area (Å²) in [5.41, 5.74) is 1.52. The van der Waals surface area contributed by atoms with Crippen molar-refractivity contribution in [2.75, 3.05) is 13.7 Å². The van der Waals surface area contributed by atoms with Crippen molar-refractivity contribution in [1.82, 2.24) is 4.98 Å². The van der Waals surface area contributed by atoms with Crippen LogP contribution in [0.1, 0.15) is 27.9 Å². The van der Waals surface area contributed by atoms with Crippen molar-refractivity contribution in [3.8, 4) is 22.4 Å². The molecule has 1 unspecified atom stereocenters. The summed E-state index contributed by atoms with van der Waals surface area (Å²) in [5.74, 6) is -0.535. The first kappa shape index (κ1) is 16.9. The molecule has 1 aromatic carbocycles. The fourth-order valence-electron chi connectivity index (χ4n) is 1.87. The Morgan fingerprint density at radius 2 is 2.26 bits per heavy atom. The molecule has 0 saturated carbocycles. The quantitative estimate of drug-likeness (QED) is 0.874. The Morgan fingerprint density at radius 1 is 1.52 bits per heavy atom. The molecular weight excluding hydrogens is 316 g/mol. The predicted molar refractivity (Wildman–Crippen MR) is 85.9 cm³/mol. The number of carboxylic acid groups (broad SMARTS) is 1. The van der Waals surface area contributed by atoms with Gasteiger partial charge in [0.05, 0.1) is 17.4 Å². The van der Waals surface area contributed by atoms with Crippen LogP contribution in [-0.2, 0) is 4.74 Å². The third-order valence-corrected chi connectivity index (χ3v) is 4.41. The Morgan fingerprint density at radius 3 is 2.83 bits per heavy atom. The van der Waals surface area contributed by atoms with Gasteiger partial charge in [-0.25, -0.2) is 9.78 Å². The van der Waals surface area contributed by atoms with E-state index in [1.807, 2.05) is 6.92 Å². The van der Waals surface area contributed by atoms with Crippen molar-refractivity contribution in [3.63, 3.8) is 0 Å². The van der Waals surface area contributed by atoms with Gasteiger partial charge in [-0.2, -0.15) is 5.26 Å². The van der Waals surface area contributed by atoms with E-state index >= 15 is 0 Å². The van der Waals surface area contributed by atoms with E-state index in [9.17, 15) is 10.1 Å². The zero-order valence-electron chi connectivity index (χ0n) is 13.0. The van der Waals surface area contributed by atoms with Crippen molar-refractivity contribution >= 4 is 17.3 Å². The third kappa shape index (κ3) is 3.86. The van der Waals surface area contributed by atoms with E-state index < -0.39 is 5.97 Å². The van der Waals surface area contributed by atoms with Crippen LogP contribution in [-0.4, -0.2) is 35.9 Å². The molecule has 120 valence electrons. The van der Waals surface area contributed by atoms with Crippen LogP contribution in [0, 0.1) is 18.3 Å². The van der Waals surface area contributed by atoms with E-state index in [0.29, 0.717) is 34.2 Å². The van der Waals surface area contributed by atoms with Crippen molar-refractivity contribution in [2.45, 2.75) is 20.0 Å². The van der Waals surface area contributed by atoms with E-state index in [1.165, 1.54) is 0 Å². The lowest BCUT2D eigenvalue weighted by Crippen LogP contribution is -2.16. The Labute approximate surface area is 137 Å². The lowest BCUT2D eigenvalue weighted by atomic mass is 10.1. The van der Waals surface area contributed by atoms with E-state index in [0.717, 1.165) is 11.3 Å². The molecule has 1 aromatic heterocycles. The summed E-state index contributed by atoms with van der Waals surface area (Å²) in [4.78, 5) is 15.6. The second-order valence-electron chi connectivity index (χ2n) is 4.92. The van der Waals surface area contributed by atoms with Crippen LogP contribution in [0.3, 0.4) is 0 Å². The lowest BCUT2D eigenvalue weighted by molar-refractivity contribution is 0.0701. The maximum Gasteiger partial charge on any atom is 0.347 e. The first-order valence-electron chi connectivity index (χ1n) is 6.87. The first-order valence-corrected chi connectivity index (χ1v) is 7.68. The maximum atomic E-state index is 11.1. The number of hydrogen-bond donors (Lipinski definition) is 1. The average Bonchev–Trinajstić information content (AvgIpc) is 2.94. The molecule has 1 heterocycles. The van der Waals surface area contributed by atoms with Crippen LogP contribution < -0.4 is 4.74 Å². The molecule has 1 atom stereocenters. The minimum atomic E-state index is -1.000. The molecule has 2 aromatic rings. The number of hydrogen-bond acceptors (Lipinski definition) is 6. The van der Waals surface area contributed by atoms with Crippen LogP contribution in [0.2, 0.25) is 0 Å². The number of nitrogens with zero attached hydrogens (tertiary/aromatic N) is 2. The molecule has 7 heteroatoms. The topological polar surface area (TPSA) is 92.4 Å². The summed E-state index contributed by atoms with van der Waals surface area (Å²) in [6, 6.07) is 7.19. The number of aromatic nitrogens is 1. The van der Waals surface area contributed by atoms with Gasteiger partial charge in [-0.15, -0.1) is 11.3 Å². The molecule has 0 spiro atoms. The summed E-state index contributed by atoms with van der Waals surface area (Å²) in [6.07, 6.45) is -0.0824. The number of carbonyl (C=O) groups is 1. The highest BCUT2D eigenvalue weighted by Crippen LogP contribution is 2.31. The second-order valence-corrected chi connectivity index (χ2v) is 5.92. The summed E-state index contributed by atoms with van der Waals surface area (Å²) in [6.45, 7) is 3.86. The molecule has 0 aliphatic heterocycles. The Bertz CT molecular complexity index is 764. The lowest BCUT2D eigenvalue weighted by Gasteiger charge is -2.12. The van der Waals surface area contributed by atoms with Gasteiger partial charge in [-0.1, -0.05) is 0 Å². The van der Waals surface area contributed by atoms with Crippen LogP contribution in [0.5, 0.6) is 5.75 Å². The molecule has 0 aliphatic rings. The summed E-state index contributed by atoms with van der Waals surface area (Å²) >= 11 is 1.09. The van der Waals surface area contributed by atoms with Gasteiger partial charge < -0.3 is 14.6 Å². The fraction of sp³-hybridized carbons (Fsp3) is 0.312. The molecule has 0 fully saturated rings. The van der Waals surface area contributed by atoms with Gasteiger partial charge >= 0.3 is 5.97 Å². The molecule has 0 bridgehead atoms. The van der Waals surface area contributed by atoms with Crippen LogP contribution in [0.4, 0.5) is 0 Å². The van der Waals surface area contributed by atoms with Crippen molar-refractivity contribution < 1.29 is 19.4 Å². The highest BCUT2D eigenvalue weighted by atomic mass is 32.1. The van der Waals surface area contributed by atoms with E-state index in [-0.39, 0.29) is 11.0 Å². The van der Waals surface area contributed by atoms with E-state index in [4.69, 9.17) is 14.6 Å². The Kier molecular flexibility index (Phi) is 5.32. The average molecular weight is 332 g/mol. The maximum absolute atomic E-state index is 11.1. The number of benzene rings is 1. The standard InChI is InChI=1S/C16H16N2O4S/c1-9(21-3)8-22-13-5-4-11(6-12(13)7-17)15-18-10(2)14(23-15)16(19)20/h4-6,9H,8H2,1-3H3,(H,19,20). The summed E-state index contributed by atoms with van der Waals surface area (Å²) in [5, 5.41) is 19.0. The molecule has 2 rings (SSSR count). The van der Waals surface area contributed by atoms with Crippen LogP contribution in [0.25, 0.3) is 10.6 Å². The number of thiazole rings is 1. The SMILES string of the molecule is COC(C)COc1ccc(-c2nc(C)c(C(=O)O)s2)cc1C#N. The van der Waals surface area contributed by atoms with E-state index in [2.05, 4.69) is 11.1 Å². The Hall–Kier alpha value is -2.43. The predicted octanol–water partition coefficient (Wildman–Crippen LogP) is 3.10. The number of methoxy groups -OCH3 is 1. The van der Waals surface area contributed by atoms with Gasteiger partial charge in [-0.3, -0.25) is 0 Å². The molecule has 0 aliphatic carbocycles. The zero-order chi connectivity index (χ0) is 17.0. The summed E-state index contributed by atoms with van der Waals surface area (Å²) < 4.78 is 10.7. The number of aryl methyl sites for hydroxylation is 1. The first-order chi connectivity index (χ1) is 11.0. The second kappa shape index (κ2) is 7.22.